The molecule has 0 unspecified atom stereocenters. The van der Waals surface area contributed by atoms with Crippen LogP contribution in [-0.2, 0) is 9.53 Å². The minimum absolute atomic E-state index is 0.0203. The van der Waals surface area contributed by atoms with Gasteiger partial charge in [0.25, 0.3) is 5.91 Å². The van der Waals surface area contributed by atoms with Gasteiger partial charge in [-0.1, -0.05) is 23.2 Å². The van der Waals surface area contributed by atoms with Crippen LogP contribution in [0.3, 0.4) is 0 Å². The first-order valence-corrected chi connectivity index (χ1v) is 7.79. The summed E-state index contributed by atoms with van der Waals surface area (Å²) in [5.41, 5.74) is 0.406. The number of likely N-dealkylation sites (tertiary alicyclic amines) is 1. The van der Waals surface area contributed by atoms with Gasteiger partial charge in [0.2, 0.25) is 5.91 Å². The molecule has 1 aromatic rings. The highest BCUT2D eigenvalue weighted by Gasteiger charge is 2.24. The Kier molecular flexibility index (Phi) is 6.06. The first-order valence-electron chi connectivity index (χ1n) is 7.04. The fourth-order valence-electron chi connectivity index (χ4n) is 2.42. The highest BCUT2D eigenvalue weighted by Crippen LogP contribution is 2.21. The van der Waals surface area contributed by atoms with Crippen molar-refractivity contribution in [3.63, 3.8) is 0 Å². The number of methoxy groups -OCH3 is 1. The quantitative estimate of drug-likeness (QED) is 0.911. The van der Waals surface area contributed by atoms with E-state index in [1.165, 1.54) is 7.11 Å². The maximum atomic E-state index is 12.2. The number of nitrogens with one attached hydrogen (secondary N) is 1. The maximum Gasteiger partial charge on any atom is 0.253 e. The minimum atomic E-state index is -0.219. The zero-order valence-corrected chi connectivity index (χ0v) is 13.8. The Morgan fingerprint density at radius 3 is 2.59 bits per heavy atom. The molecule has 1 aromatic carbocycles. The fraction of sp³-hybridized carbons (Fsp3) is 0.467. The number of hydrogen-bond donors (Lipinski definition) is 1. The summed E-state index contributed by atoms with van der Waals surface area (Å²) in [6, 6.07) is 4.82. The minimum Gasteiger partial charge on any atom is -0.375 e. The summed E-state index contributed by atoms with van der Waals surface area (Å²) < 4.78 is 4.84. The van der Waals surface area contributed by atoms with Crippen molar-refractivity contribution in [3.8, 4) is 0 Å². The van der Waals surface area contributed by atoms with Gasteiger partial charge >= 0.3 is 0 Å². The van der Waals surface area contributed by atoms with Crippen molar-refractivity contribution < 1.29 is 14.3 Å². The molecule has 2 rings (SSSR count). The van der Waals surface area contributed by atoms with E-state index in [4.69, 9.17) is 27.9 Å². The van der Waals surface area contributed by atoms with Crippen LogP contribution in [0.1, 0.15) is 23.2 Å². The van der Waals surface area contributed by atoms with Gasteiger partial charge in [-0.3, -0.25) is 9.59 Å². The lowest BCUT2D eigenvalue weighted by atomic mass is 10.0. The van der Waals surface area contributed by atoms with Crippen molar-refractivity contribution in [2.45, 2.75) is 18.9 Å². The summed E-state index contributed by atoms with van der Waals surface area (Å²) in [6.07, 6.45) is 1.43. The monoisotopic (exact) mass is 344 g/mol. The van der Waals surface area contributed by atoms with Crippen LogP contribution < -0.4 is 5.32 Å². The molecular weight excluding hydrogens is 327 g/mol. The van der Waals surface area contributed by atoms with Crippen molar-refractivity contribution in [2.75, 3.05) is 26.8 Å². The highest BCUT2D eigenvalue weighted by atomic mass is 35.5. The van der Waals surface area contributed by atoms with E-state index in [0.717, 1.165) is 0 Å². The summed E-state index contributed by atoms with van der Waals surface area (Å²) in [5, 5.41) is 3.77. The van der Waals surface area contributed by atoms with Crippen LogP contribution in [0.4, 0.5) is 0 Å². The molecule has 0 saturated carbocycles. The Morgan fingerprint density at radius 2 is 2.00 bits per heavy atom. The largest absolute Gasteiger partial charge is 0.375 e. The Bertz CT molecular complexity index is 558. The average molecular weight is 345 g/mol. The number of amides is 2. The van der Waals surface area contributed by atoms with E-state index in [9.17, 15) is 9.59 Å². The second kappa shape index (κ2) is 7.81. The third-order valence-electron chi connectivity index (χ3n) is 3.63. The molecule has 1 aliphatic heterocycles. The normalized spacial score (nSPS) is 15.7. The number of halogens is 2. The van der Waals surface area contributed by atoms with E-state index in [1.807, 2.05) is 0 Å². The van der Waals surface area contributed by atoms with Gasteiger partial charge in [0.05, 0.1) is 10.6 Å². The molecule has 0 spiro atoms. The van der Waals surface area contributed by atoms with Gasteiger partial charge in [-0.25, -0.2) is 0 Å². The van der Waals surface area contributed by atoms with E-state index in [1.54, 1.807) is 23.1 Å². The lowest BCUT2D eigenvalue weighted by Crippen LogP contribution is -2.47. The molecule has 7 heteroatoms. The zero-order chi connectivity index (χ0) is 16.1. The van der Waals surface area contributed by atoms with Crippen LogP contribution in [0.5, 0.6) is 0 Å². The van der Waals surface area contributed by atoms with Gasteiger partial charge in [-0.2, -0.15) is 0 Å². The summed E-state index contributed by atoms with van der Waals surface area (Å²) in [4.78, 5) is 25.7. The van der Waals surface area contributed by atoms with Crippen LogP contribution in [0.15, 0.2) is 18.2 Å². The summed E-state index contributed by atoms with van der Waals surface area (Å²) in [5.74, 6) is -0.239. The van der Waals surface area contributed by atoms with Crippen molar-refractivity contribution in [1.82, 2.24) is 10.2 Å². The number of rotatable bonds is 4. The predicted molar refractivity (Wildman–Crippen MR) is 85.4 cm³/mol. The molecule has 0 bridgehead atoms. The Hall–Kier alpha value is -1.30. The number of hydrogen-bond acceptors (Lipinski definition) is 3. The predicted octanol–water partition coefficient (Wildman–Crippen LogP) is 2.36. The number of carbonyl (C=O) groups is 2. The molecule has 0 aliphatic carbocycles. The first-order chi connectivity index (χ1) is 10.5. The molecule has 1 N–H and O–H groups in total. The molecule has 0 aromatic heterocycles. The molecule has 2 amide bonds. The molecule has 1 fully saturated rings. The van der Waals surface area contributed by atoms with Crippen molar-refractivity contribution in [2.24, 2.45) is 0 Å². The lowest BCUT2D eigenvalue weighted by molar-refractivity contribution is -0.136. The lowest BCUT2D eigenvalue weighted by Gasteiger charge is -2.32. The van der Waals surface area contributed by atoms with Gasteiger partial charge in [-0.15, -0.1) is 0 Å². The summed E-state index contributed by atoms with van der Waals surface area (Å²) in [6.45, 7) is 1.32. The van der Waals surface area contributed by atoms with Crippen LogP contribution in [0.2, 0.25) is 10.0 Å². The second-order valence-electron chi connectivity index (χ2n) is 5.19. The number of ether oxygens (including phenoxy) is 1. The summed E-state index contributed by atoms with van der Waals surface area (Å²) >= 11 is 11.9. The van der Waals surface area contributed by atoms with Crippen LogP contribution in [-0.4, -0.2) is 49.6 Å². The third kappa shape index (κ3) is 4.35. The molecule has 1 saturated heterocycles. The highest BCUT2D eigenvalue weighted by molar-refractivity contribution is 6.36. The van der Waals surface area contributed by atoms with E-state index in [0.29, 0.717) is 41.5 Å². The second-order valence-corrected chi connectivity index (χ2v) is 6.03. The molecule has 0 atom stereocenters. The van der Waals surface area contributed by atoms with Gasteiger partial charge in [0.1, 0.15) is 6.61 Å². The standard InChI is InChI=1S/C15H18Cl2N2O3/c1-22-9-14(20)19-6-4-11(5-7-19)18-15(21)12-3-2-10(16)8-13(12)17/h2-3,8,11H,4-7,9H2,1H3,(H,18,21). The van der Waals surface area contributed by atoms with Crippen molar-refractivity contribution >= 4 is 35.0 Å². The number of nitrogens with zero attached hydrogens (tertiary/aromatic N) is 1. The summed E-state index contributed by atoms with van der Waals surface area (Å²) in [7, 11) is 1.50. The molecule has 0 radical (unpaired) electrons. The molecule has 1 aliphatic rings. The Balaban J connectivity index is 1.88. The van der Waals surface area contributed by atoms with E-state index < -0.39 is 0 Å². The van der Waals surface area contributed by atoms with Gasteiger partial charge in [0, 0.05) is 31.3 Å². The van der Waals surface area contributed by atoms with Crippen LogP contribution in [0, 0.1) is 0 Å². The van der Waals surface area contributed by atoms with E-state index >= 15 is 0 Å². The van der Waals surface area contributed by atoms with Crippen molar-refractivity contribution in [1.29, 1.82) is 0 Å². The number of carbonyl (C=O) groups excluding carboxylic acids is 2. The fourth-order valence-corrected chi connectivity index (χ4v) is 2.92. The van der Waals surface area contributed by atoms with Gasteiger partial charge in [-0.05, 0) is 31.0 Å². The van der Waals surface area contributed by atoms with E-state index in [2.05, 4.69) is 5.32 Å². The smallest absolute Gasteiger partial charge is 0.253 e. The van der Waals surface area contributed by atoms with Gasteiger partial charge in [0.15, 0.2) is 0 Å². The zero-order valence-electron chi connectivity index (χ0n) is 12.3. The number of piperidine rings is 1. The molecule has 22 heavy (non-hydrogen) atoms. The molecular formula is C15H18Cl2N2O3. The topological polar surface area (TPSA) is 58.6 Å². The third-order valence-corrected chi connectivity index (χ3v) is 4.17. The number of benzene rings is 1. The first kappa shape index (κ1) is 17.1. The Labute approximate surface area is 139 Å². The van der Waals surface area contributed by atoms with E-state index in [-0.39, 0.29) is 24.5 Å². The maximum absolute atomic E-state index is 12.2. The average Bonchev–Trinajstić information content (AvgIpc) is 2.48. The molecule has 120 valence electrons. The van der Waals surface area contributed by atoms with Crippen molar-refractivity contribution in [3.05, 3.63) is 33.8 Å². The van der Waals surface area contributed by atoms with Gasteiger partial charge < -0.3 is 15.0 Å². The Morgan fingerprint density at radius 1 is 1.32 bits per heavy atom. The molecule has 5 nitrogen and oxygen atoms in total. The van der Waals surface area contributed by atoms with Crippen LogP contribution >= 0.6 is 23.2 Å². The van der Waals surface area contributed by atoms with Crippen LogP contribution in [0.25, 0.3) is 0 Å². The molecule has 1 heterocycles. The SMILES string of the molecule is COCC(=O)N1CCC(NC(=O)c2ccc(Cl)cc2Cl)CC1.